The number of anilines is 2. The molecule has 0 aromatic carbocycles. The van der Waals surface area contributed by atoms with Gasteiger partial charge in [-0.3, -0.25) is 4.79 Å². The summed E-state index contributed by atoms with van der Waals surface area (Å²) in [5.41, 5.74) is 6.49. The smallest absolute Gasteiger partial charge is 0.265 e. The molecular weight excluding hydrogens is 234 g/mol. The van der Waals surface area contributed by atoms with Crippen molar-refractivity contribution in [2.24, 2.45) is 0 Å². The Hall–Kier alpha value is -1.23. The monoisotopic (exact) mass is 255 g/mol. The van der Waals surface area contributed by atoms with Gasteiger partial charge in [0.05, 0.1) is 10.7 Å². The molecule has 0 saturated carbocycles. The second kappa shape index (κ2) is 5.91. The molecule has 0 aliphatic carbocycles. The SMILES string of the molecule is CCCN(CC)c1cc(N)c(C(=O)N(C)C)s1. The molecule has 0 radical (unpaired) electrons. The molecule has 17 heavy (non-hydrogen) atoms. The van der Waals surface area contributed by atoms with Gasteiger partial charge in [-0.2, -0.15) is 0 Å². The van der Waals surface area contributed by atoms with Crippen molar-refractivity contribution >= 4 is 27.9 Å². The maximum Gasteiger partial charge on any atom is 0.265 e. The van der Waals surface area contributed by atoms with Crippen LogP contribution >= 0.6 is 11.3 Å². The maximum absolute atomic E-state index is 11.9. The van der Waals surface area contributed by atoms with E-state index in [1.54, 1.807) is 19.0 Å². The highest BCUT2D eigenvalue weighted by molar-refractivity contribution is 7.18. The predicted octanol–water partition coefficient (Wildman–Crippen LogP) is 2.27. The molecule has 0 bridgehead atoms. The van der Waals surface area contributed by atoms with E-state index in [9.17, 15) is 4.79 Å². The van der Waals surface area contributed by atoms with E-state index in [1.807, 2.05) is 6.07 Å². The fraction of sp³-hybridized carbons (Fsp3) is 0.583. The molecule has 0 fully saturated rings. The highest BCUT2D eigenvalue weighted by Gasteiger charge is 2.18. The van der Waals surface area contributed by atoms with Crippen LogP contribution in [0.2, 0.25) is 0 Å². The standard InChI is InChI=1S/C12H21N3OS/c1-5-7-15(6-2)10-8-9(13)11(17-10)12(16)14(3)4/h8H,5-7,13H2,1-4H3. The lowest BCUT2D eigenvalue weighted by atomic mass is 10.3. The first-order chi connectivity index (χ1) is 8.01. The summed E-state index contributed by atoms with van der Waals surface area (Å²) in [4.78, 5) is 16.3. The molecule has 96 valence electrons. The van der Waals surface area contributed by atoms with Gasteiger partial charge < -0.3 is 15.5 Å². The van der Waals surface area contributed by atoms with Gasteiger partial charge in [0.25, 0.3) is 5.91 Å². The lowest BCUT2D eigenvalue weighted by Gasteiger charge is -2.19. The largest absolute Gasteiger partial charge is 0.397 e. The van der Waals surface area contributed by atoms with Crippen molar-refractivity contribution in [3.05, 3.63) is 10.9 Å². The molecule has 5 heteroatoms. The third-order valence-corrected chi connectivity index (χ3v) is 3.73. The Bertz CT molecular complexity index is 387. The third kappa shape index (κ3) is 3.12. The van der Waals surface area contributed by atoms with Crippen LogP contribution < -0.4 is 10.6 Å². The van der Waals surface area contributed by atoms with Crippen LogP contribution in [-0.2, 0) is 0 Å². The van der Waals surface area contributed by atoms with Gasteiger partial charge in [0.1, 0.15) is 4.88 Å². The van der Waals surface area contributed by atoms with Crippen molar-refractivity contribution in [1.82, 2.24) is 4.90 Å². The Balaban J connectivity index is 2.98. The Morgan fingerprint density at radius 3 is 2.53 bits per heavy atom. The molecule has 0 unspecified atom stereocenters. The van der Waals surface area contributed by atoms with Crippen molar-refractivity contribution in [1.29, 1.82) is 0 Å². The summed E-state index contributed by atoms with van der Waals surface area (Å²) in [5, 5.41) is 1.08. The molecular formula is C12H21N3OS. The van der Waals surface area contributed by atoms with E-state index < -0.39 is 0 Å². The van der Waals surface area contributed by atoms with Crippen LogP contribution in [0, 0.1) is 0 Å². The summed E-state index contributed by atoms with van der Waals surface area (Å²) in [5.74, 6) is -0.0219. The number of rotatable bonds is 5. The number of hydrogen-bond acceptors (Lipinski definition) is 4. The Kier molecular flexibility index (Phi) is 4.81. The highest BCUT2D eigenvalue weighted by atomic mass is 32.1. The lowest BCUT2D eigenvalue weighted by Crippen LogP contribution is -2.22. The van der Waals surface area contributed by atoms with E-state index in [1.165, 1.54) is 11.3 Å². The number of carbonyl (C=O) groups excluding carboxylic acids is 1. The molecule has 1 aromatic heterocycles. The summed E-state index contributed by atoms with van der Waals surface area (Å²) in [6.45, 7) is 6.18. The normalized spacial score (nSPS) is 10.4. The molecule has 4 nitrogen and oxygen atoms in total. The summed E-state index contributed by atoms with van der Waals surface area (Å²) in [7, 11) is 3.48. The minimum Gasteiger partial charge on any atom is -0.397 e. The minimum atomic E-state index is -0.0219. The van der Waals surface area contributed by atoms with Crippen LogP contribution in [0.25, 0.3) is 0 Å². The Labute approximate surface area is 107 Å². The van der Waals surface area contributed by atoms with Crippen LogP contribution in [0.5, 0.6) is 0 Å². The summed E-state index contributed by atoms with van der Waals surface area (Å²) >= 11 is 1.48. The van der Waals surface area contributed by atoms with Crippen LogP contribution in [0.3, 0.4) is 0 Å². The van der Waals surface area contributed by atoms with E-state index in [2.05, 4.69) is 18.7 Å². The van der Waals surface area contributed by atoms with Gasteiger partial charge >= 0.3 is 0 Å². The third-order valence-electron chi connectivity index (χ3n) is 2.54. The summed E-state index contributed by atoms with van der Waals surface area (Å²) in [6, 6.07) is 1.90. The molecule has 1 aromatic rings. The number of amides is 1. The van der Waals surface area contributed by atoms with Gasteiger partial charge in [-0.25, -0.2) is 0 Å². The van der Waals surface area contributed by atoms with Crippen molar-refractivity contribution in [3.8, 4) is 0 Å². The van der Waals surface area contributed by atoms with Crippen LogP contribution in [0.4, 0.5) is 10.7 Å². The molecule has 0 aliphatic heterocycles. The van der Waals surface area contributed by atoms with Gasteiger partial charge in [0.2, 0.25) is 0 Å². The number of nitrogens with zero attached hydrogens (tertiary/aromatic N) is 2. The molecule has 0 spiro atoms. The summed E-state index contributed by atoms with van der Waals surface area (Å²) < 4.78 is 0. The maximum atomic E-state index is 11.9. The van der Waals surface area contributed by atoms with Crippen LogP contribution in [0.1, 0.15) is 29.9 Å². The number of thiophene rings is 1. The van der Waals surface area contributed by atoms with Gasteiger partial charge in [0.15, 0.2) is 0 Å². The topological polar surface area (TPSA) is 49.6 Å². The first kappa shape index (κ1) is 13.8. The van der Waals surface area contributed by atoms with Gasteiger partial charge in [0, 0.05) is 27.2 Å². The van der Waals surface area contributed by atoms with E-state index in [4.69, 9.17) is 5.73 Å². The summed E-state index contributed by atoms with van der Waals surface area (Å²) in [6.07, 6.45) is 1.09. The van der Waals surface area contributed by atoms with Crippen molar-refractivity contribution in [2.75, 3.05) is 37.8 Å². The Morgan fingerprint density at radius 2 is 2.06 bits per heavy atom. The molecule has 1 heterocycles. The molecule has 2 N–H and O–H groups in total. The average Bonchev–Trinajstić information content (AvgIpc) is 2.66. The van der Waals surface area contributed by atoms with Gasteiger partial charge in [-0.1, -0.05) is 6.92 Å². The molecule has 0 atom stereocenters. The second-order valence-electron chi connectivity index (χ2n) is 4.15. The molecule has 1 rings (SSSR count). The fourth-order valence-corrected chi connectivity index (χ4v) is 2.80. The fourth-order valence-electron chi connectivity index (χ4n) is 1.61. The highest BCUT2D eigenvalue weighted by Crippen LogP contribution is 2.32. The van der Waals surface area contributed by atoms with Crippen LogP contribution in [-0.4, -0.2) is 38.0 Å². The van der Waals surface area contributed by atoms with E-state index >= 15 is 0 Å². The molecule has 0 aliphatic rings. The first-order valence-corrected chi connectivity index (χ1v) is 6.68. The lowest BCUT2D eigenvalue weighted by molar-refractivity contribution is 0.0833. The first-order valence-electron chi connectivity index (χ1n) is 5.87. The van der Waals surface area contributed by atoms with Crippen LogP contribution in [0.15, 0.2) is 6.07 Å². The van der Waals surface area contributed by atoms with E-state index in [0.29, 0.717) is 10.6 Å². The van der Waals surface area contributed by atoms with Gasteiger partial charge in [-0.15, -0.1) is 11.3 Å². The molecule has 1 amide bonds. The number of hydrogen-bond donors (Lipinski definition) is 1. The number of nitrogen functional groups attached to an aromatic ring is 1. The zero-order valence-corrected chi connectivity index (χ0v) is 11.8. The quantitative estimate of drug-likeness (QED) is 0.878. The van der Waals surface area contributed by atoms with E-state index in [-0.39, 0.29) is 5.91 Å². The zero-order chi connectivity index (χ0) is 13.0. The number of carbonyl (C=O) groups is 1. The van der Waals surface area contributed by atoms with Crippen molar-refractivity contribution < 1.29 is 4.79 Å². The van der Waals surface area contributed by atoms with Crippen molar-refractivity contribution in [3.63, 3.8) is 0 Å². The zero-order valence-electron chi connectivity index (χ0n) is 11.0. The minimum absolute atomic E-state index is 0.0219. The van der Waals surface area contributed by atoms with Crippen molar-refractivity contribution in [2.45, 2.75) is 20.3 Å². The van der Waals surface area contributed by atoms with E-state index in [0.717, 1.165) is 24.5 Å². The predicted molar refractivity (Wildman–Crippen MR) is 74.9 cm³/mol. The van der Waals surface area contributed by atoms with Gasteiger partial charge in [-0.05, 0) is 19.4 Å². The number of nitrogens with two attached hydrogens (primary N) is 1. The Morgan fingerprint density at radius 1 is 1.41 bits per heavy atom. The average molecular weight is 255 g/mol. The second-order valence-corrected chi connectivity index (χ2v) is 5.18. The molecule has 0 saturated heterocycles.